The minimum absolute atomic E-state index is 0.0184. The van der Waals surface area contributed by atoms with Crippen molar-refractivity contribution >= 4 is 15.7 Å². The van der Waals surface area contributed by atoms with Crippen LogP contribution in [-0.4, -0.2) is 50.3 Å². The zero-order valence-corrected chi connectivity index (χ0v) is 13.4. The van der Waals surface area contributed by atoms with E-state index < -0.39 is 10.0 Å². The molecule has 1 fully saturated rings. The van der Waals surface area contributed by atoms with E-state index >= 15 is 0 Å². The van der Waals surface area contributed by atoms with Gasteiger partial charge in [0.25, 0.3) is 0 Å². The molecule has 5 nitrogen and oxygen atoms in total. The quantitative estimate of drug-likeness (QED) is 0.833. The van der Waals surface area contributed by atoms with Crippen LogP contribution >= 0.6 is 0 Å². The fourth-order valence-corrected chi connectivity index (χ4v) is 5.02. The second-order valence-corrected chi connectivity index (χ2v) is 7.54. The maximum absolute atomic E-state index is 12.9. The molecule has 0 aliphatic carbocycles. The number of hydrogen-bond acceptors (Lipinski definition) is 4. The number of hydrogen-bond donors (Lipinski definition) is 1. The lowest BCUT2D eigenvalue weighted by Gasteiger charge is -2.37. The first-order valence-corrected chi connectivity index (χ1v) is 8.24. The van der Waals surface area contributed by atoms with Crippen molar-refractivity contribution in [3.05, 3.63) is 23.3 Å². The third-order valence-electron chi connectivity index (χ3n) is 3.82. The zero-order chi connectivity index (χ0) is 15.1. The van der Waals surface area contributed by atoms with E-state index in [4.69, 9.17) is 5.73 Å². The van der Waals surface area contributed by atoms with Gasteiger partial charge in [0, 0.05) is 31.4 Å². The molecule has 0 saturated carbocycles. The standard InChI is InChI=1S/C14H23N3O2S/c1-10-7-13(15)8-11(2)14(10)20(18,19)17-6-5-16(4)9-12(17)3/h7-8,12H,5-6,9,15H2,1-4H3. The molecule has 0 spiro atoms. The van der Waals surface area contributed by atoms with E-state index in [1.807, 2.05) is 14.0 Å². The van der Waals surface area contributed by atoms with E-state index in [0.717, 1.165) is 13.1 Å². The summed E-state index contributed by atoms with van der Waals surface area (Å²) in [6.45, 7) is 7.61. The van der Waals surface area contributed by atoms with Gasteiger partial charge in [0.05, 0.1) is 4.90 Å². The van der Waals surface area contributed by atoms with Crippen molar-refractivity contribution in [1.29, 1.82) is 0 Å². The molecule has 0 bridgehead atoms. The van der Waals surface area contributed by atoms with Crippen LogP contribution in [0.5, 0.6) is 0 Å². The first-order valence-electron chi connectivity index (χ1n) is 6.80. The number of nitrogens with two attached hydrogens (primary N) is 1. The number of nitrogen functional groups attached to an aromatic ring is 1. The number of sulfonamides is 1. The Labute approximate surface area is 121 Å². The highest BCUT2D eigenvalue weighted by molar-refractivity contribution is 7.89. The fourth-order valence-electron chi connectivity index (χ4n) is 2.99. The van der Waals surface area contributed by atoms with Gasteiger partial charge in [-0.2, -0.15) is 4.31 Å². The molecule has 2 rings (SSSR count). The summed E-state index contributed by atoms with van der Waals surface area (Å²) in [6.07, 6.45) is 0. The van der Waals surface area contributed by atoms with Gasteiger partial charge in [0.1, 0.15) is 0 Å². The highest BCUT2D eigenvalue weighted by atomic mass is 32.2. The predicted octanol–water partition coefficient (Wildman–Crippen LogP) is 1.21. The normalized spacial score (nSPS) is 22.1. The van der Waals surface area contributed by atoms with Gasteiger partial charge in [0.15, 0.2) is 0 Å². The molecule has 1 heterocycles. The molecule has 1 saturated heterocycles. The lowest BCUT2D eigenvalue weighted by molar-refractivity contribution is 0.170. The van der Waals surface area contributed by atoms with Crippen molar-refractivity contribution in [2.75, 3.05) is 32.4 Å². The van der Waals surface area contributed by atoms with Gasteiger partial charge in [-0.25, -0.2) is 8.42 Å². The molecule has 1 aromatic carbocycles. The number of benzene rings is 1. The number of anilines is 1. The summed E-state index contributed by atoms with van der Waals surface area (Å²) in [5.41, 5.74) is 7.82. The van der Waals surface area contributed by atoms with Crippen molar-refractivity contribution in [1.82, 2.24) is 9.21 Å². The van der Waals surface area contributed by atoms with Crippen LogP contribution in [-0.2, 0) is 10.0 Å². The molecule has 112 valence electrons. The highest BCUT2D eigenvalue weighted by Crippen LogP contribution is 2.28. The number of nitrogens with zero attached hydrogens (tertiary/aromatic N) is 2. The van der Waals surface area contributed by atoms with Crippen LogP contribution in [0.15, 0.2) is 17.0 Å². The molecule has 20 heavy (non-hydrogen) atoms. The summed E-state index contributed by atoms with van der Waals surface area (Å²) < 4.78 is 27.5. The number of rotatable bonds is 2. The van der Waals surface area contributed by atoms with Crippen molar-refractivity contribution in [3.63, 3.8) is 0 Å². The molecule has 0 aromatic heterocycles. The topological polar surface area (TPSA) is 66.6 Å². The van der Waals surface area contributed by atoms with Gasteiger partial charge in [-0.15, -0.1) is 0 Å². The van der Waals surface area contributed by atoms with Gasteiger partial charge < -0.3 is 10.6 Å². The van der Waals surface area contributed by atoms with Crippen LogP contribution in [0, 0.1) is 13.8 Å². The van der Waals surface area contributed by atoms with Crippen molar-refractivity contribution in [3.8, 4) is 0 Å². The number of likely N-dealkylation sites (N-methyl/N-ethyl adjacent to an activating group) is 1. The second-order valence-electron chi connectivity index (χ2n) is 5.71. The Bertz CT molecular complexity index is 590. The van der Waals surface area contributed by atoms with Gasteiger partial charge in [-0.3, -0.25) is 0 Å². The first-order chi connectivity index (χ1) is 9.23. The molecule has 2 N–H and O–H groups in total. The maximum Gasteiger partial charge on any atom is 0.243 e. The maximum atomic E-state index is 12.9. The van der Waals surface area contributed by atoms with Crippen LogP contribution in [0.1, 0.15) is 18.1 Å². The van der Waals surface area contributed by atoms with Gasteiger partial charge in [-0.1, -0.05) is 0 Å². The third kappa shape index (κ3) is 2.68. The SMILES string of the molecule is Cc1cc(N)cc(C)c1S(=O)(=O)N1CCN(C)CC1C. The Morgan fingerprint density at radius 2 is 1.75 bits per heavy atom. The summed E-state index contributed by atoms with van der Waals surface area (Å²) in [5, 5.41) is 0. The smallest absolute Gasteiger partial charge is 0.243 e. The van der Waals surface area contributed by atoms with E-state index in [2.05, 4.69) is 4.90 Å². The monoisotopic (exact) mass is 297 g/mol. The van der Waals surface area contributed by atoms with E-state index in [1.54, 1.807) is 30.3 Å². The Kier molecular flexibility index (Phi) is 4.09. The van der Waals surface area contributed by atoms with Crippen molar-refractivity contribution in [2.45, 2.75) is 31.7 Å². The average Bonchev–Trinajstić information content (AvgIpc) is 2.25. The fraction of sp³-hybridized carbons (Fsp3) is 0.571. The summed E-state index contributed by atoms with van der Waals surface area (Å²) in [6, 6.07) is 3.43. The van der Waals surface area contributed by atoms with Gasteiger partial charge in [-0.05, 0) is 51.1 Å². The summed E-state index contributed by atoms with van der Waals surface area (Å²) in [4.78, 5) is 2.56. The molecule has 0 amide bonds. The van der Waals surface area contributed by atoms with Crippen LogP contribution in [0.4, 0.5) is 5.69 Å². The first kappa shape index (κ1) is 15.3. The van der Waals surface area contributed by atoms with E-state index in [1.165, 1.54) is 0 Å². The number of piperazine rings is 1. The molecular weight excluding hydrogens is 274 g/mol. The van der Waals surface area contributed by atoms with Crippen molar-refractivity contribution < 1.29 is 8.42 Å². The van der Waals surface area contributed by atoms with Gasteiger partial charge in [0.2, 0.25) is 10.0 Å². The molecule has 1 aromatic rings. The minimum atomic E-state index is -3.46. The molecule has 1 atom stereocenters. The molecule has 0 radical (unpaired) electrons. The summed E-state index contributed by atoms with van der Waals surface area (Å²) in [7, 11) is -1.45. The lowest BCUT2D eigenvalue weighted by atomic mass is 10.1. The summed E-state index contributed by atoms with van der Waals surface area (Å²) in [5.74, 6) is 0. The van der Waals surface area contributed by atoms with Crippen LogP contribution in [0.25, 0.3) is 0 Å². The number of aryl methyl sites for hydroxylation is 2. The Morgan fingerprint density at radius 3 is 2.25 bits per heavy atom. The van der Waals surface area contributed by atoms with Crippen LogP contribution in [0.2, 0.25) is 0 Å². The third-order valence-corrected chi connectivity index (χ3v) is 6.14. The molecule has 1 unspecified atom stereocenters. The van der Waals surface area contributed by atoms with Crippen LogP contribution in [0.3, 0.4) is 0 Å². The molecule has 1 aliphatic rings. The minimum Gasteiger partial charge on any atom is -0.399 e. The van der Waals surface area contributed by atoms with E-state index in [9.17, 15) is 8.42 Å². The van der Waals surface area contributed by atoms with Crippen LogP contribution < -0.4 is 5.73 Å². The van der Waals surface area contributed by atoms with Gasteiger partial charge >= 0.3 is 0 Å². The predicted molar refractivity (Wildman–Crippen MR) is 81.2 cm³/mol. The molecule has 1 aliphatic heterocycles. The second kappa shape index (κ2) is 5.35. The molecule has 6 heteroatoms. The van der Waals surface area contributed by atoms with E-state index in [0.29, 0.717) is 28.3 Å². The molecular formula is C14H23N3O2S. The summed E-state index contributed by atoms with van der Waals surface area (Å²) >= 11 is 0. The largest absolute Gasteiger partial charge is 0.399 e. The van der Waals surface area contributed by atoms with Crippen molar-refractivity contribution in [2.24, 2.45) is 0 Å². The Balaban J connectivity index is 2.46. The highest BCUT2D eigenvalue weighted by Gasteiger charge is 2.34. The average molecular weight is 297 g/mol. The zero-order valence-electron chi connectivity index (χ0n) is 12.5. The van der Waals surface area contributed by atoms with E-state index in [-0.39, 0.29) is 6.04 Å². The lowest BCUT2D eigenvalue weighted by Crippen LogP contribution is -2.52. The Hall–Kier alpha value is -1.11. The Morgan fingerprint density at radius 1 is 1.20 bits per heavy atom.